The molecule has 0 heterocycles. The molecule has 0 aromatic heterocycles. The van der Waals surface area contributed by atoms with Crippen LogP contribution in [-0.2, 0) is 83.1 Å². The largest absolute Gasteiger partial charge is 3.00 e. The van der Waals surface area contributed by atoms with Crippen LogP contribution in [0.15, 0.2) is 0 Å². The maximum Gasteiger partial charge on any atom is 3.00 e. The van der Waals surface area contributed by atoms with Gasteiger partial charge in [0.15, 0.2) is 0 Å². The van der Waals surface area contributed by atoms with E-state index in [1.807, 2.05) is 0 Å². The van der Waals surface area contributed by atoms with Gasteiger partial charge in [-0.25, -0.2) is 0 Å². The fraction of sp³-hybridized carbons (Fsp3) is 0. The summed E-state index contributed by atoms with van der Waals surface area (Å²) in [6.07, 6.45) is 0. The molecule has 0 aromatic carbocycles. The molecule has 0 spiro atoms. The Balaban J connectivity index is -0.0000000206. The monoisotopic (exact) mass is 602 g/mol. The second kappa shape index (κ2) is 20.7. The minimum atomic E-state index is -4.33. The molecule has 0 atom stereocenters. The van der Waals surface area contributed by atoms with E-state index in [4.69, 9.17) is 39.9 Å². The van der Waals surface area contributed by atoms with E-state index in [1.165, 1.54) is 0 Å². The second-order valence-corrected chi connectivity index (χ2v) is 7.35. The van der Waals surface area contributed by atoms with E-state index in [9.17, 15) is 0 Å². The van der Waals surface area contributed by atoms with Gasteiger partial charge in [0.1, 0.15) is 0 Å². The first kappa shape index (κ1) is 43.7. The average molecular weight is 602 g/mol. The molecule has 19 heteroatoms. The molecule has 19 heavy (non-hydrogen) atoms. The van der Waals surface area contributed by atoms with E-state index in [2.05, 4.69) is 33.6 Å². The molecule has 0 amide bonds. The summed E-state index contributed by atoms with van der Waals surface area (Å²) >= 11 is 9.73. The summed E-state index contributed by atoms with van der Waals surface area (Å²) in [5, 5.41) is 0. The molecular formula is AuNa3O9S6. The van der Waals surface area contributed by atoms with Crippen LogP contribution in [0.25, 0.3) is 0 Å². The molecular weight excluding hydrogens is 602 g/mol. The first-order chi connectivity index (χ1) is 6.00. The molecule has 0 bridgehead atoms. The third-order valence-electron chi connectivity index (χ3n) is 0. The molecule has 104 valence electrons. The maximum absolute atomic E-state index is 8.89. The molecule has 0 aliphatic rings. The predicted octanol–water partition coefficient (Wildman–Crippen LogP) is -12.0. The number of hydrogen-bond acceptors (Lipinski definition) is 12. The minimum Gasteiger partial charge on any atom is -0.780 e. The zero-order valence-electron chi connectivity index (χ0n) is 9.43. The molecule has 0 aromatic rings. The van der Waals surface area contributed by atoms with Crippen LogP contribution in [0.2, 0.25) is 0 Å². The van der Waals surface area contributed by atoms with Crippen LogP contribution in [0, 0.1) is 0 Å². The van der Waals surface area contributed by atoms with Crippen molar-refractivity contribution in [3.63, 3.8) is 0 Å². The summed E-state index contributed by atoms with van der Waals surface area (Å²) in [4.78, 5) is 0. The molecule has 0 saturated heterocycles. The zero-order chi connectivity index (χ0) is 13.5. The van der Waals surface area contributed by atoms with Gasteiger partial charge in [0.2, 0.25) is 0 Å². The van der Waals surface area contributed by atoms with Crippen LogP contribution >= 0.6 is 0 Å². The zero-order valence-corrected chi connectivity index (χ0v) is 22.5. The van der Waals surface area contributed by atoms with Gasteiger partial charge in [0.25, 0.3) is 0 Å². The number of rotatable bonds is 0. The second-order valence-electron chi connectivity index (χ2n) is 1.22. The molecule has 0 unspecified atom stereocenters. The Bertz CT molecular complexity index is 353. The summed E-state index contributed by atoms with van der Waals surface area (Å²) in [7, 11) is -13.0. The van der Waals surface area contributed by atoms with Crippen molar-refractivity contribution in [1.82, 2.24) is 0 Å². The van der Waals surface area contributed by atoms with Gasteiger partial charge >= 0.3 is 111 Å². The smallest absolute Gasteiger partial charge is 0.780 e. The van der Waals surface area contributed by atoms with Crippen LogP contribution in [0.3, 0.4) is 0 Å². The Hall–Kier alpha value is 4.61. The maximum atomic E-state index is 8.89. The van der Waals surface area contributed by atoms with Gasteiger partial charge in [-0.2, -0.15) is 0 Å². The van der Waals surface area contributed by atoms with Gasteiger partial charge in [0, 0.05) is 0 Å². The van der Waals surface area contributed by atoms with Crippen LogP contribution in [0.1, 0.15) is 0 Å². The van der Waals surface area contributed by atoms with E-state index >= 15 is 0 Å². The molecule has 0 fully saturated rings. The fourth-order valence-corrected chi connectivity index (χ4v) is 0. The van der Waals surface area contributed by atoms with Gasteiger partial charge in [-0.3, -0.25) is 12.6 Å². The third-order valence-corrected chi connectivity index (χ3v) is 0. The predicted molar refractivity (Wildman–Crippen MR) is 51.2 cm³/mol. The topological polar surface area (TPSA) is 190 Å². The summed E-state index contributed by atoms with van der Waals surface area (Å²) in [6.45, 7) is 0. The molecule has 0 aliphatic heterocycles. The molecule has 0 aliphatic carbocycles. The van der Waals surface area contributed by atoms with Crippen molar-refractivity contribution in [2.45, 2.75) is 0 Å². The Labute approximate surface area is 207 Å². The summed E-state index contributed by atoms with van der Waals surface area (Å²) < 4.78 is 80.0. The fourth-order valence-electron chi connectivity index (χ4n) is 0. The molecule has 0 radical (unpaired) electrons. The quantitative estimate of drug-likeness (QED) is 0.239. The normalized spacial score (nSPS) is 9.16. The van der Waals surface area contributed by atoms with E-state index in [1.54, 1.807) is 0 Å². The van der Waals surface area contributed by atoms with Crippen molar-refractivity contribution in [2.75, 3.05) is 0 Å². The van der Waals surface area contributed by atoms with Crippen LogP contribution in [0.4, 0.5) is 0 Å². The van der Waals surface area contributed by atoms with Crippen LogP contribution in [-0.4, -0.2) is 39.9 Å². The first-order valence-corrected chi connectivity index (χ1v) is 9.00. The van der Waals surface area contributed by atoms with Gasteiger partial charge in [-0.05, 0) is 33.6 Å². The number of hydrogen-bond donors (Lipinski definition) is 0. The Morgan fingerprint density at radius 2 is 0.526 bits per heavy atom. The van der Waals surface area contributed by atoms with Gasteiger partial charge in [-0.15, -0.1) is 27.2 Å². The molecule has 0 N–H and O–H groups in total. The van der Waals surface area contributed by atoms with E-state index in [0.717, 1.165) is 0 Å². The summed E-state index contributed by atoms with van der Waals surface area (Å²) in [5.41, 5.74) is 0. The average Bonchev–Trinajstić information content (AvgIpc) is 1.41. The van der Waals surface area contributed by atoms with E-state index in [-0.39, 0.29) is 111 Å². The van der Waals surface area contributed by atoms with Crippen LogP contribution in [0.5, 0.6) is 0 Å². The van der Waals surface area contributed by atoms with Crippen molar-refractivity contribution < 1.29 is 151 Å². The summed E-state index contributed by atoms with van der Waals surface area (Å²) in [6, 6.07) is 0. The molecule has 0 saturated carbocycles. The van der Waals surface area contributed by atoms with E-state index in [0.29, 0.717) is 0 Å². The standard InChI is InChI=1S/Au.3Na.3H2O3S2/c;;;;3*1-5(2,3)4/h;;;;3*(H2,1,2,3,4)/q+3;3*+1;;;/p-6. The van der Waals surface area contributed by atoms with Crippen molar-refractivity contribution in [3.05, 3.63) is 0 Å². The van der Waals surface area contributed by atoms with Crippen LogP contribution < -0.4 is 88.7 Å². The SMILES string of the molecule is O=S([O-])([O-])=S.O=S([O-])([O-])=S.O=S([O-])([O-])=S.[Au+3].[Na+].[Na+].[Na+]. The minimum absolute atomic E-state index is 0. The van der Waals surface area contributed by atoms with Crippen molar-refractivity contribution in [1.29, 1.82) is 0 Å². The molecule has 0 rings (SSSR count). The third kappa shape index (κ3) is 452. The Kier molecular flexibility index (Phi) is 47.6. The van der Waals surface area contributed by atoms with E-state index < -0.39 is 27.2 Å². The van der Waals surface area contributed by atoms with Gasteiger partial charge in [-0.1, -0.05) is 0 Å². The summed E-state index contributed by atoms with van der Waals surface area (Å²) in [5.74, 6) is 0. The van der Waals surface area contributed by atoms with Gasteiger partial charge < -0.3 is 27.3 Å². The molecule has 9 nitrogen and oxygen atoms in total. The Morgan fingerprint density at radius 1 is 0.526 bits per heavy atom. The van der Waals surface area contributed by atoms with Crippen molar-refractivity contribution in [2.24, 2.45) is 0 Å². The Morgan fingerprint density at radius 3 is 0.526 bits per heavy atom. The van der Waals surface area contributed by atoms with Crippen molar-refractivity contribution >= 4 is 60.7 Å². The first-order valence-electron chi connectivity index (χ1n) is 2.00. The van der Waals surface area contributed by atoms with Crippen molar-refractivity contribution in [3.8, 4) is 0 Å². The van der Waals surface area contributed by atoms with Gasteiger partial charge in [0.05, 0.1) is 0 Å².